The van der Waals surface area contributed by atoms with Crippen LogP contribution in [0.3, 0.4) is 0 Å². The second kappa shape index (κ2) is 12.2. The molecule has 31 heavy (non-hydrogen) atoms. The fourth-order valence-electron chi connectivity index (χ4n) is 2.46. The molecule has 2 aromatic carbocycles. The number of hydrogen-bond acceptors (Lipinski definition) is 6. The Morgan fingerprint density at radius 3 is 2.45 bits per heavy atom. The average Bonchev–Trinajstić information content (AvgIpc) is 2.79. The van der Waals surface area contributed by atoms with Gasteiger partial charge in [0.15, 0.2) is 0 Å². The summed E-state index contributed by atoms with van der Waals surface area (Å²) in [6, 6.07) is 14.6. The van der Waals surface area contributed by atoms with Crippen molar-refractivity contribution in [2.24, 2.45) is 0 Å². The van der Waals surface area contributed by atoms with Crippen molar-refractivity contribution in [3.63, 3.8) is 0 Å². The summed E-state index contributed by atoms with van der Waals surface area (Å²) in [5.41, 5.74) is 5.39. The lowest BCUT2D eigenvalue weighted by Crippen LogP contribution is -2.46. The molecule has 2 aromatic rings. The van der Waals surface area contributed by atoms with Gasteiger partial charge in [-0.15, -0.1) is 0 Å². The summed E-state index contributed by atoms with van der Waals surface area (Å²) in [6.45, 7) is 4.67. The molecule has 0 aliphatic heterocycles. The van der Waals surface area contributed by atoms with E-state index in [4.69, 9.17) is 9.47 Å². The van der Waals surface area contributed by atoms with Crippen molar-refractivity contribution >= 4 is 21.8 Å². The predicted molar refractivity (Wildman–Crippen MR) is 114 cm³/mol. The van der Waals surface area contributed by atoms with Crippen LogP contribution >= 0.6 is 0 Å². The van der Waals surface area contributed by atoms with Crippen LogP contribution in [0.15, 0.2) is 59.5 Å². The van der Waals surface area contributed by atoms with E-state index in [1.54, 1.807) is 19.1 Å². The van der Waals surface area contributed by atoms with E-state index in [9.17, 15) is 18.0 Å². The zero-order valence-corrected chi connectivity index (χ0v) is 18.3. The van der Waals surface area contributed by atoms with Gasteiger partial charge < -0.3 is 9.47 Å². The van der Waals surface area contributed by atoms with E-state index in [2.05, 4.69) is 15.6 Å². The number of nitrogens with one attached hydrogen (secondary N) is 3. The quantitative estimate of drug-likeness (QED) is 0.352. The number of hydrazine groups is 1. The van der Waals surface area contributed by atoms with Gasteiger partial charge in [0, 0.05) is 18.7 Å². The minimum atomic E-state index is -3.82. The maximum absolute atomic E-state index is 12.5. The fourth-order valence-corrected chi connectivity index (χ4v) is 3.52. The molecule has 9 nitrogen and oxygen atoms in total. The van der Waals surface area contributed by atoms with E-state index in [0.29, 0.717) is 13.2 Å². The van der Waals surface area contributed by atoms with Gasteiger partial charge in [0.1, 0.15) is 6.10 Å². The first kappa shape index (κ1) is 24.5. The van der Waals surface area contributed by atoms with E-state index in [1.807, 2.05) is 25.1 Å². The molecule has 0 heterocycles. The number of benzene rings is 2. The van der Waals surface area contributed by atoms with Gasteiger partial charge in [0.25, 0.3) is 11.8 Å². The second-order valence-corrected chi connectivity index (χ2v) is 8.26. The Morgan fingerprint density at radius 2 is 1.74 bits per heavy atom. The minimum Gasteiger partial charge on any atom is -0.379 e. The number of sulfonamides is 1. The Morgan fingerprint density at radius 1 is 1.00 bits per heavy atom. The van der Waals surface area contributed by atoms with Gasteiger partial charge >= 0.3 is 0 Å². The highest BCUT2D eigenvalue weighted by Crippen LogP contribution is 2.12. The molecule has 0 saturated heterocycles. The third-order valence-corrected chi connectivity index (χ3v) is 5.58. The molecule has 0 aromatic heterocycles. The molecule has 3 N–H and O–H groups in total. The third-order valence-electron chi connectivity index (χ3n) is 4.18. The molecule has 2 amide bonds. The maximum atomic E-state index is 12.5. The Kier molecular flexibility index (Phi) is 9.60. The summed E-state index contributed by atoms with van der Waals surface area (Å²) >= 11 is 0. The molecule has 168 valence electrons. The summed E-state index contributed by atoms with van der Waals surface area (Å²) in [6.07, 6.45) is -0.797. The smallest absolute Gasteiger partial charge is 0.269 e. The van der Waals surface area contributed by atoms with E-state index in [0.717, 1.165) is 5.56 Å². The highest BCUT2D eigenvalue weighted by Gasteiger charge is 2.18. The van der Waals surface area contributed by atoms with Crippen molar-refractivity contribution in [3.8, 4) is 0 Å². The normalized spacial score (nSPS) is 12.2. The first-order valence-electron chi connectivity index (χ1n) is 9.76. The van der Waals surface area contributed by atoms with Gasteiger partial charge in [-0.25, -0.2) is 13.1 Å². The minimum absolute atomic E-state index is 0.0602. The molecular formula is C21H27N3O6S. The number of hydrogen-bond donors (Lipinski definition) is 3. The highest BCUT2D eigenvalue weighted by atomic mass is 32.2. The highest BCUT2D eigenvalue weighted by molar-refractivity contribution is 7.89. The summed E-state index contributed by atoms with van der Waals surface area (Å²) < 4.78 is 38.0. The number of carbonyl (C=O) groups is 2. The lowest BCUT2D eigenvalue weighted by atomic mass is 10.2. The van der Waals surface area contributed by atoms with Gasteiger partial charge in [-0.05, 0) is 37.6 Å². The molecule has 0 aliphatic rings. The van der Waals surface area contributed by atoms with E-state index < -0.39 is 27.9 Å². The Hall–Kier alpha value is -2.79. The summed E-state index contributed by atoms with van der Waals surface area (Å²) in [5.74, 6) is -1.20. The lowest BCUT2D eigenvalue weighted by molar-refractivity contribution is -0.133. The molecule has 1 unspecified atom stereocenters. The topological polar surface area (TPSA) is 123 Å². The molecule has 10 heteroatoms. The van der Waals surface area contributed by atoms with Crippen LogP contribution in [0.25, 0.3) is 0 Å². The molecule has 1 atom stereocenters. The summed E-state index contributed by atoms with van der Waals surface area (Å²) in [7, 11) is -3.82. The van der Waals surface area contributed by atoms with Crippen LogP contribution in [-0.4, -0.2) is 46.2 Å². The Bertz CT molecular complexity index is 966. The molecule has 0 bridgehead atoms. The molecule has 0 saturated carbocycles. The van der Waals surface area contributed by atoms with Crippen molar-refractivity contribution < 1.29 is 27.5 Å². The molecular weight excluding hydrogens is 422 g/mol. The largest absolute Gasteiger partial charge is 0.379 e. The number of ether oxygens (including phenoxy) is 2. The first-order valence-corrected chi connectivity index (χ1v) is 11.2. The van der Waals surface area contributed by atoms with Crippen molar-refractivity contribution in [1.29, 1.82) is 0 Å². The van der Waals surface area contributed by atoms with Crippen molar-refractivity contribution in [1.82, 2.24) is 15.6 Å². The van der Waals surface area contributed by atoms with Gasteiger partial charge in [-0.1, -0.05) is 36.4 Å². The standard InChI is InChI=1S/C21H27N3O6S/c1-3-29-12-13-30-16(2)20(25)23-24-21(26)18-10-7-11-19(14-18)31(27,28)22-15-17-8-5-4-6-9-17/h4-11,14,16,22H,3,12-13,15H2,1-2H3,(H,23,25)(H,24,26). The van der Waals surface area contributed by atoms with Crippen LogP contribution in [0.4, 0.5) is 0 Å². The first-order chi connectivity index (χ1) is 14.8. The molecule has 2 rings (SSSR count). The van der Waals surface area contributed by atoms with Gasteiger partial charge in [-0.3, -0.25) is 20.4 Å². The Balaban J connectivity index is 1.91. The fraction of sp³-hybridized carbons (Fsp3) is 0.333. The SMILES string of the molecule is CCOCCOC(C)C(=O)NNC(=O)c1cccc(S(=O)(=O)NCc2ccccc2)c1. The van der Waals surface area contributed by atoms with Crippen LogP contribution in [0.2, 0.25) is 0 Å². The number of carbonyl (C=O) groups excluding carboxylic acids is 2. The van der Waals surface area contributed by atoms with Crippen molar-refractivity contribution in [2.75, 3.05) is 19.8 Å². The van der Waals surface area contributed by atoms with Crippen LogP contribution < -0.4 is 15.6 Å². The monoisotopic (exact) mass is 449 g/mol. The molecule has 0 fully saturated rings. The van der Waals surface area contributed by atoms with Crippen LogP contribution in [0.1, 0.15) is 29.8 Å². The van der Waals surface area contributed by atoms with Crippen molar-refractivity contribution in [3.05, 3.63) is 65.7 Å². The van der Waals surface area contributed by atoms with Gasteiger partial charge in [-0.2, -0.15) is 0 Å². The maximum Gasteiger partial charge on any atom is 0.269 e. The van der Waals surface area contributed by atoms with Gasteiger partial charge in [0.05, 0.1) is 18.1 Å². The lowest BCUT2D eigenvalue weighted by Gasteiger charge is -2.14. The summed E-state index contributed by atoms with van der Waals surface area (Å²) in [4.78, 5) is 24.3. The van der Waals surface area contributed by atoms with Crippen LogP contribution in [0, 0.1) is 0 Å². The van der Waals surface area contributed by atoms with E-state index >= 15 is 0 Å². The zero-order valence-electron chi connectivity index (χ0n) is 17.5. The third kappa shape index (κ3) is 8.10. The van der Waals surface area contributed by atoms with E-state index in [1.165, 1.54) is 24.3 Å². The molecule has 0 spiro atoms. The molecule has 0 aliphatic carbocycles. The Labute approximate surface area is 182 Å². The summed E-state index contributed by atoms with van der Waals surface area (Å²) in [5, 5.41) is 0. The average molecular weight is 450 g/mol. The molecule has 0 radical (unpaired) electrons. The van der Waals surface area contributed by atoms with Gasteiger partial charge in [0.2, 0.25) is 10.0 Å². The van der Waals surface area contributed by atoms with Crippen molar-refractivity contribution in [2.45, 2.75) is 31.4 Å². The second-order valence-electron chi connectivity index (χ2n) is 6.49. The number of amides is 2. The van der Waals surface area contributed by atoms with Crippen LogP contribution in [0.5, 0.6) is 0 Å². The van der Waals surface area contributed by atoms with Crippen LogP contribution in [-0.2, 0) is 30.8 Å². The zero-order chi connectivity index (χ0) is 22.7. The number of rotatable bonds is 11. The van der Waals surface area contributed by atoms with E-state index in [-0.39, 0.29) is 23.6 Å². The predicted octanol–water partition coefficient (Wildman–Crippen LogP) is 1.37.